The first-order valence-electron chi connectivity index (χ1n) is 4.18. The first kappa shape index (κ1) is 9.10. The highest BCUT2D eigenvalue weighted by molar-refractivity contribution is 8.00. The maximum Gasteiger partial charge on any atom is 0.151 e. The van der Waals surface area contributed by atoms with Crippen LogP contribution in [0.4, 0.5) is 0 Å². The fraction of sp³-hybridized carbons (Fsp3) is 0.300. The van der Waals surface area contributed by atoms with Crippen molar-refractivity contribution in [1.29, 1.82) is 0 Å². The van der Waals surface area contributed by atoms with E-state index in [4.69, 9.17) is 11.6 Å². The van der Waals surface area contributed by atoms with Gasteiger partial charge in [-0.3, -0.25) is 4.79 Å². The number of ketones is 1. The van der Waals surface area contributed by atoms with E-state index >= 15 is 0 Å². The van der Waals surface area contributed by atoms with Gasteiger partial charge in [0, 0.05) is 17.2 Å². The van der Waals surface area contributed by atoms with Gasteiger partial charge in [-0.25, -0.2) is 0 Å². The third-order valence-electron chi connectivity index (χ3n) is 2.11. The maximum atomic E-state index is 11.4. The van der Waals surface area contributed by atoms with Crippen molar-refractivity contribution in [3.05, 3.63) is 34.9 Å². The molecule has 3 heteroatoms. The highest BCUT2D eigenvalue weighted by atomic mass is 35.5. The van der Waals surface area contributed by atoms with E-state index in [1.54, 1.807) is 11.8 Å². The molecule has 1 aromatic rings. The summed E-state index contributed by atoms with van der Waals surface area (Å²) in [5.41, 5.74) is 0.969. The Kier molecular flexibility index (Phi) is 2.61. The zero-order chi connectivity index (χ0) is 9.26. The van der Waals surface area contributed by atoms with Crippen LogP contribution in [0.3, 0.4) is 0 Å². The van der Waals surface area contributed by atoms with Crippen molar-refractivity contribution in [2.75, 3.05) is 5.75 Å². The average molecular weight is 213 g/mol. The van der Waals surface area contributed by atoms with Crippen LogP contribution in [0.5, 0.6) is 0 Å². The van der Waals surface area contributed by atoms with Gasteiger partial charge in [-0.15, -0.1) is 11.8 Å². The van der Waals surface area contributed by atoms with Crippen molar-refractivity contribution in [2.24, 2.45) is 0 Å². The minimum atomic E-state index is -0.0197. The number of thioether (sulfide) groups is 1. The lowest BCUT2D eigenvalue weighted by Crippen LogP contribution is -2.02. The van der Waals surface area contributed by atoms with Crippen LogP contribution in [0, 0.1) is 0 Å². The van der Waals surface area contributed by atoms with Gasteiger partial charge in [0.1, 0.15) is 0 Å². The number of hydrogen-bond acceptors (Lipinski definition) is 2. The van der Waals surface area contributed by atoms with Crippen molar-refractivity contribution in [1.82, 2.24) is 0 Å². The summed E-state index contributed by atoms with van der Waals surface area (Å²) in [7, 11) is 0. The van der Waals surface area contributed by atoms with Crippen LogP contribution >= 0.6 is 23.4 Å². The standard InChI is InChI=1S/C10H9ClOS/c11-8-4-2-1-3-7(8)10-9(12)5-6-13-10/h1-4,10H,5-6H2. The molecule has 1 nitrogen and oxygen atoms in total. The first-order chi connectivity index (χ1) is 6.29. The molecule has 1 heterocycles. The van der Waals surface area contributed by atoms with Gasteiger partial charge in [0.25, 0.3) is 0 Å². The quantitative estimate of drug-likeness (QED) is 0.712. The number of halogens is 1. The number of Topliss-reactive ketones (excluding diaryl/α,β-unsaturated/α-hetero) is 1. The third kappa shape index (κ3) is 1.74. The van der Waals surface area contributed by atoms with Crippen LogP contribution in [0.15, 0.2) is 24.3 Å². The van der Waals surface area contributed by atoms with E-state index in [0.29, 0.717) is 17.2 Å². The number of hydrogen-bond donors (Lipinski definition) is 0. The molecule has 1 atom stereocenters. The van der Waals surface area contributed by atoms with Gasteiger partial charge in [-0.1, -0.05) is 29.8 Å². The Hall–Kier alpha value is -0.470. The topological polar surface area (TPSA) is 17.1 Å². The van der Waals surface area contributed by atoms with Crippen molar-refractivity contribution in [3.63, 3.8) is 0 Å². The molecule has 1 fully saturated rings. The molecular weight excluding hydrogens is 204 g/mol. The van der Waals surface area contributed by atoms with E-state index in [1.807, 2.05) is 24.3 Å². The van der Waals surface area contributed by atoms with Gasteiger partial charge in [0.05, 0.1) is 5.25 Å². The lowest BCUT2D eigenvalue weighted by Gasteiger charge is -2.08. The van der Waals surface area contributed by atoms with Gasteiger partial charge in [0.2, 0.25) is 0 Å². The molecule has 1 unspecified atom stereocenters. The van der Waals surface area contributed by atoms with Gasteiger partial charge in [-0.2, -0.15) is 0 Å². The number of benzene rings is 1. The van der Waals surface area contributed by atoms with Gasteiger partial charge in [-0.05, 0) is 11.6 Å². The molecule has 2 rings (SSSR count). The number of carbonyl (C=O) groups excluding carboxylic acids is 1. The van der Waals surface area contributed by atoms with Gasteiger partial charge < -0.3 is 0 Å². The summed E-state index contributed by atoms with van der Waals surface area (Å²) in [4.78, 5) is 11.4. The molecule has 13 heavy (non-hydrogen) atoms. The second kappa shape index (κ2) is 3.72. The maximum absolute atomic E-state index is 11.4. The molecule has 1 aromatic carbocycles. The van der Waals surface area contributed by atoms with Crippen LogP contribution in [0.25, 0.3) is 0 Å². The zero-order valence-corrected chi connectivity index (χ0v) is 8.57. The van der Waals surface area contributed by atoms with E-state index in [2.05, 4.69) is 0 Å². The van der Waals surface area contributed by atoms with Gasteiger partial charge >= 0.3 is 0 Å². The van der Waals surface area contributed by atoms with Crippen LogP contribution in [0.1, 0.15) is 17.2 Å². The molecule has 0 aliphatic carbocycles. The number of rotatable bonds is 1. The Labute approximate surface area is 86.5 Å². The highest BCUT2D eigenvalue weighted by Gasteiger charge is 2.27. The second-order valence-electron chi connectivity index (χ2n) is 2.99. The summed E-state index contributed by atoms with van der Waals surface area (Å²) < 4.78 is 0. The molecule has 68 valence electrons. The molecule has 0 spiro atoms. The van der Waals surface area contributed by atoms with Crippen molar-refractivity contribution in [3.8, 4) is 0 Å². The van der Waals surface area contributed by atoms with E-state index in [9.17, 15) is 4.79 Å². The molecule has 0 amide bonds. The Balaban J connectivity index is 2.34. The van der Waals surface area contributed by atoms with Crippen molar-refractivity contribution >= 4 is 29.1 Å². The monoisotopic (exact) mass is 212 g/mol. The van der Waals surface area contributed by atoms with E-state index in [0.717, 1.165) is 11.3 Å². The molecular formula is C10H9ClOS. The van der Waals surface area contributed by atoms with E-state index < -0.39 is 0 Å². The van der Waals surface area contributed by atoms with Crippen LogP contribution in [-0.4, -0.2) is 11.5 Å². The number of carbonyl (C=O) groups is 1. The van der Waals surface area contributed by atoms with Crippen molar-refractivity contribution < 1.29 is 4.79 Å². The normalized spacial score (nSPS) is 22.2. The summed E-state index contributed by atoms with van der Waals surface area (Å²) in [5.74, 6) is 1.23. The molecule has 0 radical (unpaired) electrons. The minimum absolute atomic E-state index is 0.0197. The Morgan fingerprint density at radius 1 is 1.38 bits per heavy atom. The summed E-state index contributed by atoms with van der Waals surface area (Å²) in [5, 5.41) is 0.684. The van der Waals surface area contributed by atoms with Crippen LogP contribution in [0.2, 0.25) is 5.02 Å². The Morgan fingerprint density at radius 3 is 2.77 bits per heavy atom. The Bertz CT molecular complexity index is 337. The molecule has 0 aromatic heterocycles. The zero-order valence-electron chi connectivity index (χ0n) is 7.00. The summed E-state index contributed by atoms with van der Waals surface area (Å²) in [6.07, 6.45) is 0.681. The fourth-order valence-corrected chi connectivity index (χ4v) is 3.01. The van der Waals surface area contributed by atoms with E-state index in [1.165, 1.54) is 0 Å². The molecule has 0 saturated carbocycles. The minimum Gasteiger partial charge on any atom is -0.298 e. The van der Waals surface area contributed by atoms with Gasteiger partial charge in [0.15, 0.2) is 5.78 Å². The molecule has 0 bridgehead atoms. The van der Waals surface area contributed by atoms with E-state index in [-0.39, 0.29) is 5.25 Å². The molecule has 0 N–H and O–H groups in total. The SMILES string of the molecule is O=C1CCSC1c1ccccc1Cl. The summed E-state index contributed by atoms with van der Waals surface area (Å²) >= 11 is 7.69. The first-order valence-corrected chi connectivity index (χ1v) is 5.60. The molecule has 1 aliphatic rings. The Morgan fingerprint density at radius 2 is 2.15 bits per heavy atom. The average Bonchev–Trinajstić information content (AvgIpc) is 2.52. The lowest BCUT2D eigenvalue weighted by atomic mass is 10.1. The smallest absolute Gasteiger partial charge is 0.151 e. The molecule has 1 aliphatic heterocycles. The highest BCUT2D eigenvalue weighted by Crippen LogP contribution is 2.39. The predicted octanol–water partition coefficient (Wildman–Crippen LogP) is 3.09. The predicted molar refractivity (Wildman–Crippen MR) is 56.3 cm³/mol. The lowest BCUT2D eigenvalue weighted by molar-refractivity contribution is -0.117. The molecule has 1 saturated heterocycles. The van der Waals surface area contributed by atoms with Crippen LogP contribution in [-0.2, 0) is 4.79 Å². The van der Waals surface area contributed by atoms with Crippen LogP contribution < -0.4 is 0 Å². The summed E-state index contributed by atoms with van der Waals surface area (Å²) in [6, 6.07) is 7.58. The fourth-order valence-electron chi connectivity index (χ4n) is 1.45. The largest absolute Gasteiger partial charge is 0.298 e. The third-order valence-corrected chi connectivity index (χ3v) is 3.75. The second-order valence-corrected chi connectivity index (χ2v) is 4.61. The summed E-state index contributed by atoms with van der Waals surface area (Å²) in [6.45, 7) is 0. The van der Waals surface area contributed by atoms with Crippen molar-refractivity contribution in [2.45, 2.75) is 11.7 Å².